The number of benzene rings is 1. The summed E-state index contributed by atoms with van der Waals surface area (Å²) in [6.45, 7) is 6.86. The predicted octanol–water partition coefficient (Wildman–Crippen LogP) is 4.31. The molecule has 37 heavy (non-hydrogen) atoms. The molecule has 1 aromatic heterocycles. The molecule has 0 radical (unpaired) electrons. The number of aromatic nitrogens is 1. The van der Waals surface area contributed by atoms with Gasteiger partial charge >= 0.3 is 0 Å². The van der Waals surface area contributed by atoms with Gasteiger partial charge in [0.25, 0.3) is 5.91 Å². The van der Waals surface area contributed by atoms with Crippen molar-refractivity contribution in [2.45, 2.75) is 77.5 Å². The van der Waals surface area contributed by atoms with Gasteiger partial charge in [0.05, 0.1) is 5.60 Å². The second kappa shape index (κ2) is 10.4. The van der Waals surface area contributed by atoms with Gasteiger partial charge in [-0.1, -0.05) is 19.9 Å². The lowest BCUT2D eigenvalue weighted by Crippen LogP contribution is -2.52. The molecule has 0 aliphatic heterocycles. The SMILES string of the molecule is CN(C)c1ccc(C(=O)NC2CC(C)(C)C3CC(C)(O)CCC23CCC(=O)NCc2cccnc2)cc1. The van der Waals surface area contributed by atoms with Gasteiger partial charge in [-0.3, -0.25) is 14.6 Å². The first-order valence-corrected chi connectivity index (χ1v) is 13.4. The average molecular weight is 507 g/mol. The van der Waals surface area contributed by atoms with Crippen LogP contribution < -0.4 is 15.5 Å². The van der Waals surface area contributed by atoms with E-state index in [1.807, 2.05) is 62.3 Å². The monoisotopic (exact) mass is 506 g/mol. The van der Waals surface area contributed by atoms with E-state index in [0.29, 0.717) is 37.8 Å². The molecule has 0 saturated heterocycles. The molecule has 1 aromatic carbocycles. The molecule has 2 saturated carbocycles. The van der Waals surface area contributed by atoms with Gasteiger partial charge in [0, 0.05) is 56.7 Å². The summed E-state index contributed by atoms with van der Waals surface area (Å²) in [6, 6.07) is 11.4. The molecule has 7 nitrogen and oxygen atoms in total. The highest BCUT2D eigenvalue weighted by Crippen LogP contribution is 2.63. The van der Waals surface area contributed by atoms with Gasteiger partial charge in [-0.15, -0.1) is 0 Å². The summed E-state index contributed by atoms with van der Waals surface area (Å²) in [4.78, 5) is 32.4. The van der Waals surface area contributed by atoms with Crippen LogP contribution in [0.5, 0.6) is 0 Å². The predicted molar refractivity (Wildman–Crippen MR) is 146 cm³/mol. The maximum absolute atomic E-state index is 13.4. The molecule has 0 bridgehead atoms. The van der Waals surface area contributed by atoms with Crippen LogP contribution in [0.1, 0.15) is 75.2 Å². The number of nitrogens with zero attached hydrogens (tertiary/aromatic N) is 2. The summed E-state index contributed by atoms with van der Waals surface area (Å²) in [5, 5.41) is 17.4. The van der Waals surface area contributed by atoms with Crippen LogP contribution in [0, 0.1) is 16.7 Å². The number of carbonyl (C=O) groups excluding carboxylic acids is 2. The molecule has 2 amide bonds. The van der Waals surface area contributed by atoms with E-state index in [0.717, 1.165) is 24.1 Å². The Morgan fingerprint density at radius 1 is 1.08 bits per heavy atom. The highest BCUT2D eigenvalue weighted by Gasteiger charge is 2.61. The number of amides is 2. The molecule has 7 heteroatoms. The average Bonchev–Trinajstić information content (AvgIpc) is 3.07. The molecular formula is C30H42N4O3. The third kappa shape index (κ3) is 5.98. The van der Waals surface area contributed by atoms with Crippen LogP contribution in [0.15, 0.2) is 48.8 Å². The van der Waals surface area contributed by atoms with Gasteiger partial charge < -0.3 is 20.6 Å². The Kier molecular flexibility index (Phi) is 7.65. The van der Waals surface area contributed by atoms with Gasteiger partial charge in [0.1, 0.15) is 0 Å². The van der Waals surface area contributed by atoms with Crippen molar-refractivity contribution in [3.63, 3.8) is 0 Å². The zero-order valence-electron chi connectivity index (χ0n) is 22.9. The molecule has 0 spiro atoms. The Hall–Kier alpha value is -2.93. The van der Waals surface area contributed by atoms with E-state index in [1.165, 1.54) is 0 Å². The summed E-state index contributed by atoms with van der Waals surface area (Å²) in [5.74, 6) is 0.129. The lowest BCUT2D eigenvalue weighted by molar-refractivity contribution is -0.123. The van der Waals surface area contributed by atoms with Gasteiger partial charge in [0.15, 0.2) is 0 Å². The standard InChI is InChI=1S/C30H42N4O3/c1-28(2)18-25(33-27(36)22-8-10-23(11-9-22)34(4)5)30(15-14-29(3,37)17-24(28)30)13-12-26(35)32-20-21-7-6-16-31-19-21/h6-11,16,19,24-25,37H,12-15,17-18,20H2,1-5H3,(H,32,35)(H,33,36). The van der Waals surface area contributed by atoms with Crippen LogP contribution in [-0.2, 0) is 11.3 Å². The number of rotatable bonds is 8. The maximum Gasteiger partial charge on any atom is 0.251 e. The molecular weight excluding hydrogens is 464 g/mol. The fraction of sp³-hybridized carbons (Fsp3) is 0.567. The van der Waals surface area contributed by atoms with Crippen molar-refractivity contribution in [2.24, 2.45) is 16.7 Å². The number of fused-ring (bicyclic) bond motifs is 1. The maximum atomic E-state index is 13.4. The third-order valence-electron chi connectivity index (χ3n) is 8.82. The van der Waals surface area contributed by atoms with Crippen LogP contribution in [0.4, 0.5) is 5.69 Å². The van der Waals surface area contributed by atoms with Gasteiger partial charge in [0.2, 0.25) is 5.91 Å². The zero-order chi connectivity index (χ0) is 26.8. The fourth-order valence-electron chi connectivity index (χ4n) is 6.72. The Bertz CT molecular complexity index is 1100. The fourth-order valence-corrected chi connectivity index (χ4v) is 6.72. The Balaban J connectivity index is 1.52. The molecule has 200 valence electrons. The summed E-state index contributed by atoms with van der Waals surface area (Å²) in [5.41, 5.74) is 1.61. The van der Waals surface area contributed by atoms with E-state index in [2.05, 4.69) is 29.5 Å². The van der Waals surface area contributed by atoms with Gasteiger partial charge in [-0.2, -0.15) is 0 Å². The number of pyridine rings is 1. The molecule has 4 rings (SSSR count). The first-order chi connectivity index (χ1) is 17.4. The summed E-state index contributed by atoms with van der Waals surface area (Å²) >= 11 is 0. The normalized spacial score (nSPS) is 28.3. The topological polar surface area (TPSA) is 94.6 Å². The first kappa shape index (κ1) is 27.1. The molecule has 2 fully saturated rings. The summed E-state index contributed by atoms with van der Waals surface area (Å²) < 4.78 is 0. The quantitative estimate of drug-likeness (QED) is 0.496. The molecule has 2 aliphatic carbocycles. The Labute approximate surface area is 221 Å². The lowest BCUT2D eigenvalue weighted by atomic mass is 9.57. The van der Waals surface area contributed by atoms with Crippen LogP contribution >= 0.6 is 0 Å². The second-order valence-electron chi connectivity index (χ2n) is 12.3. The molecule has 4 atom stereocenters. The smallest absolute Gasteiger partial charge is 0.251 e. The van der Waals surface area contributed by atoms with Crippen molar-refractivity contribution in [2.75, 3.05) is 19.0 Å². The largest absolute Gasteiger partial charge is 0.390 e. The van der Waals surface area contributed by atoms with Crippen molar-refractivity contribution >= 4 is 17.5 Å². The lowest BCUT2D eigenvalue weighted by Gasteiger charge is -2.50. The van der Waals surface area contributed by atoms with Crippen LogP contribution in [0.25, 0.3) is 0 Å². The van der Waals surface area contributed by atoms with Crippen LogP contribution in [0.2, 0.25) is 0 Å². The van der Waals surface area contributed by atoms with Gasteiger partial charge in [-0.25, -0.2) is 0 Å². The number of carbonyl (C=O) groups is 2. The van der Waals surface area contributed by atoms with Crippen molar-refractivity contribution in [1.29, 1.82) is 0 Å². The molecule has 1 heterocycles. The van der Waals surface area contributed by atoms with E-state index < -0.39 is 5.60 Å². The molecule has 3 N–H and O–H groups in total. The zero-order valence-corrected chi connectivity index (χ0v) is 22.9. The van der Waals surface area contributed by atoms with Crippen molar-refractivity contribution in [1.82, 2.24) is 15.6 Å². The summed E-state index contributed by atoms with van der Waals surface area (Å²) in [6.07, 6.45) is 7.51. The number of hydrogen-bond acceptors (Lipinski definition) is 5. The second-order valence-corrected chi connectivity index (χ2v) is 12.3. The third-order valence-corrected chi connectivity index (χ3v) is 8.82. The van der Waals surface area contributed by atoms with Crippen LogP contribution in [-0.4, -0.2) is 47.6 Å². The van der Waals surface area contributed by atoms with E-state index in [9.17, 15) is 14.7 Å². The highest BCUT2D eigenvalue weighted by molar-refractivity contribution is 5.94. The van der Waals surface area contributed by atoms with Crippen molar-refractivity contribution in [3.8, 4) is 0 Å². The summed E-state index contributed by atoms with van der Waals surface area (Å²) in [7, 11) is 3.95. The van der Waals surface area contributed by atoms with Crippen molar-refractivity contribution < 1.29 is 14.7 Å². The first-order valence-electron chi connectivity index (χ1n) is 13.4. The number of anilines is 1. The Morgan fingerprint density at radius 3 is 2.46 bits per heavy atom. The minimum absolute atomic E-state index is 0.00312. The van der Waals surface area contributed by atoms with E-state index in [1.54, 1.807) is 12.4 Å². The molecule has 4 unspecified atom stereocenters. The number of aliphatic hydroxyl groups is 1. The van der Waals surface area contributed by atoms with E-state index in [-0.39, 0.29) is 34.6 Å². The Morgan fingerprint density at radius 2 is 1.81 bits per heavy atom. The van der Waals surface area contributed by atoms with E-state index in [4.69, 9.17) is 0 Å². The molecule has 2 aliphatic rings. The molecule has 2 aromatic rings. The number of hydrogen-bond donors (Lipinski definition) is 3. The van der Waals surface area contributed by atoms with Crippen LogP contribution in [0.3, 0.4) is 0 Å². The minimum Gasteiger partial charge on any atom is -0.390 e. The highest BCUT2D eigenvalue weighted by atomic mass is 16.3. The van der Waals surface area contributed by atoms with Gasteiger partial charge in [-0.05, 0) is 91.7 Å². The minimum atomic E-state index is -0.727. The number of nitrogens with one attached hydrogen (secondary N) is 2. The van der Waals surface area contributed by atoms with E-state index >= 15 is 0 Å². The van der Waals surface area contributed by atoms with Crippen molar-refractivity contribution in [3.05, 3.63) is 59.9 Å².